The number of carbonyl (C=O) groups is 1. The lowest BCUT2D eigenvalue weighted by atomic mass is 9.92. The predicted octanol–water partition coefficient (Wildman–Crippen LogP) is 3.47. The van der Waals surface area contributed by atoms with Gasteiger partial charge >= 0.3 is 0 Å². The number of amides is 1. The summed E-state index contributed by atoms with van der Waals surface area (Å²) in [6.07, 6.45) is 4.41. The molecule has 0 saturated carbocycles. The molecule has 0 bridgehead atoms. The minimum Gasteiger partial charge on any atom is -0.342 e. The zero-order valence-corrected chi connectivity index (χ0v) is 14.6. The van der Waals surface area contributed by atoms with Crippen LogP contribution in [0.1, 0.15) is 43.7 Å². The molecule has 0 radical (unpaired) electrons. The molecule has 3 heteroatoms. The zero-order chi connectivity index (χ0) is 16.2. The largest absolute Gasteiger partial charge is 0.342 e. The Morgan fingerprint density at radius 1 is 1.04 bits per heavy atom. The summed E-state index contributed by atoms with van der Waals surface area (Å²) in [6.45, 7) is 9.56. The molecule has 0 aromatic heterocycles. The van der Waals surface area contributed by atoms with Crippen molar-refractivity contribution < 1.29 is 4.79 Å². The molecule has 0 atom stereocenters. The lowest BCUT2D eigenvalue weighted by Gasteiger charge is -2.36. The first-order valence-corrected chi connectivity index (χ1v) is 9.19. The summed E-state index contributed by atoms with van der Waals surface area (Å²) in [5.74, 6) is 1.47. The Kier molecular flexibility index (Phi) is 5.37. The third kappa shape index (κ3) is 4.14. The van der Waals surface area contributed by atoms with Gasteiger partial charge in [-0.15, -0.1) is 0 Å². The van der Waals surface area contributed by atoms with Crippen LogP contribution in [0.5, 0.6) is 0 Å². The van der Waals surface area contributed by atoms with Crippen LogP contribution < -0.4 is 0 Å². The van der Waals surface area contributed by atoms with Gasteiger partial charge in [0.05, 0.1) is 0 Å². The minimum absolute atomic E-state index is 0.261. The predicted molar refractivity (Wildman–Crippen MR) is 94.2 cm³/mol. The standard InChI is InChI=1S/C20H30N2O/c1-16-7-13-22(14-8-16)20(23)18-9-11-21(12-10-18)15-19-6-4-3-5-17(19)2/h3-6,16,18H,7-15H2,1-2H3. The van der Waals surface area contributed by atoms with Crippen LogP contribution in [0.15, 0.2) is 24.3 Å². The highest BCUT2D eigenvalue weighted by Gasteiger charge is 2.30. The fourth-order valence-electron chi connectivity index (χ4n) is 3.85. The van der Waals surface area contributed by atoms with Crippen LogP contribution in [0, 0.1) is 18.8 Å². The van der Waals surface area contributed by atoms with Crippen molar-refractivity contribution >= 4 is 5.91 Å². The van der Waals surface area contributed by atoms with Crippen molar-refractivity contribution in [3.63, 3.8) is 0 Å². The molecule has 3 nitrogen and oxygen atoms in total. The van der Waals surface area contributed by atoms with E-state index in [2.05, 4.69) is 47.9 Å². The van der Waals surface area contributed by atoms with Crippen molar-refractivity contribution in [3.8, 4) is 0 Å². The van der Waals surface area contributed by atoms with Crippen LogP contribution in [0.4, 0.5) is 0 Å². The second-order valence-electron chi connectivity index (χ2n) is 7.48. The molecule has 0 N–H and O–H groups in total. The summed E-state index contributed by atoms with van der Waals surface area (Å²) in [4.78, 5) is 17.3. The Balaban J connectivity index is 1.48. The molecule has 2 heterocycles. The summed E-state index contributed by atoms with van der Waals surface area (Å²) in [5.41, 5.74) is 2.79. The summed E-state index contributed by atoms with van der Waals surface area (Å²) < 4.78 is 0. The third-order valence-corrected chi connectivity index (χ3v) is 5.69. The number of likely N-dealkylation sites (tertiary alicyclic amines) is 2. The fourth-order valence-corrected chi connectivity index (χ4v) is 3.85. The Hall–Kier alpha value is -1.35. The lowest BCUT2D eigenvalue weighted by molar-refractivity contribution is -0.138. The third-order valence-electron chi connectivity index (χ3n) is 5.69. The normalized spacial score (nSPS) is 21.6. The van der Waals surface area contributed by atoms with E-state index in [0.717, 1.165) is 51.5 Å². The molecule has 0 unspecified atom stereocenters. The van der Waals surface area contributed by atoms with Gasteiger partial charge in [-0.3, -0.25) is 9.69 Å². The maximum absolute atomic E-state index is 12.7. The van der Waals surface area contributed by atoms with E-state index in [1.54, 1.807) is 0 Å². The number of aryl methyl sites for hydroxylation is 1. The van der Waals surface area contributed by atoms with E-state index in [4.69, 9.17) is 0 Å². The molecule has 0 aliphatic carbocycles. The molecule has 2 aliphatic heterocycles. The number of benzene rings is 1. The number of rotatable bonds is 3. The van der Waals surface area contributed by atoms with Crippen LogP contribution >= 0.6 is 0 Å². The van der Waals surface area contributed by atoms with Gasteiger partial charge in [0, 0.05) is 25.6 Å². The first-order chi connectivity index (χ1) is 11.1. The van der Waals surface area contributed by atoms with Gasteiger partial charge in [0.1, 0.15) is 0 Å². The summed E-state index contributed by atoms with van der Waals surface area (Å²) in [7, 11) is 0. The molecular weight excluding hydrogens is 284 g/mol. The number of nitrogens with zero attached hydrogens (tertiary/aromatic N) is 2. The maximum atomic E-state index is 12.7. The highest BCUT2D eigenvalue weighted by Crippen LogP contribution is 2.24. The van der Waals surface area contributed by atoms with E-state index in [9.17, 15) is 4.79 Å². The minimum atomic E-state index is 0.261. The maximum Gasteiger partial charge on any atom is 0.225 e. The van der Waals surface area contributed by atoms with Gasteiger partial charge in [-0.2, -0.15) is 0 Å². The number of hydrogen-bond donors (Lipinski definition) is 0. The van der Waals surface area contributed by atoms with Crippen molar-refractivity contribution in [1.29, 1.82) is 0 Å². The van der Waals surface area contributed by atoms with Gasteiger partial charge in [0.2, 0.25) is 5.91 Å². The Labute approximate surface area is 140 Å². The van der Waals surface area contributed by atoms with Crippen LogP contribution in [-0.4, -0.2) is 41.9 Å². The van der Waals surface area contributed by atoms with Crippen molar-refractivity contribution in [1.82, 2.24) is 9.80 Å². The summed E-state index contributed by atoms with van der Waals surface area (Å²) in [5, 5.41) is 0. The molecule has 3 rings (SSSR count). The lowest BCUT2D eigenvalue weighted by Crippen LogP contribution is -2.45. The molecular formula is C20H30N2O. The van der Waals surface area contributed by atoms with E-state index in [1.807, 2.05) is 0 Å². The van der Waals surface area contributed by atoms with Gasteiger partial charge in [-0.1, -0.05) is 31.2 Å². The number of carbonyl (C=O) groups excluding carboxylic acids is 1. The smallest absolute Gasteiger partial charge is 0.225 e. The molecule has 2 aliphatic rings. The molecule has 23 heavy (non-hydrogen) atoms. The van der Waals surface area contributed by atoms with Gasteiger partial charge in [-0.05, 0) is 62.7 Å². The van der Waals surface area contributed by atoms with Gasteiger partial charge in [0.25, 0.3) is 0 Å². The molecule has 2 saturated heterocycles. The number of hydrogen-bond acceptors (Lipinski definition) is 2. The molecule has 126 valence electrons. The van der Waals surface area contributed by atoms with Gasteiger partial charge < -0.3 is 4.90 Å². The van der Waals surface area contributed by atoms with Crippen molar-refractivity contribution in [2.75, 3.05) is 26.2 Å². The van der Waals surface area contributed by atoms with E-state index in [1.165, 1.54) is 24.0 Å². The number of piperidine rings is 2. The van der Waals surface area contributed by atoms with Crippen molar-refractivity contribution in [3.05, 3.63) is 35.4 Å². The van der Waals surface area contributed by atoms with Gasteiger partial charge in [0.15, 0.2) is 0 Å². The molecule has 1 aromatic carbocycles. The Morgan fingerprint density at radius 3 is 2.35 bits per heavy atom. The van der Waals surface area contributed by atoms with Gasteiger partial charge in [-0.25, -0.2) is 0 Å². The average molecular weight is 314 g/mol. The summed E-state index contributed by atoms with van der Waals surface area (Å²) >= 11 is 0. The molecule has 1 amide bonds. The quantitative estimate of drug-likeness (QED) is 0.853. The van der Waals surface area contributed by atoms with Crippen LogP contribution in [0.2, 0.25) is 0 Å². The summed E-state index contributed by atoms with van der Waals surface area (Å²) in [6, 6.07) is 8.63. The second-order valence-corrected chi connectivity index (χ2v) is 7.48. The highest BCUT2D eigenvalue weighted by molar-refractivity contribution is 5.79. The SMILES string of the molecule is Cc1ccccc1CN1CCC(C(=O)N2CCC(C)CC2)CC1. The zero-order valence-electron chi connectivity index (χ0n) is 14.6. The van der Waals surface area contributed by atoms with E-state index >= 15 is 0 Å². The van der Waals surface area contributed by atoms with Crippen LogP contribution in [0.3, 0.4) is 0 Å². The van der Waals surface area contributed by atoms with E-state index < -0.39 is 0 Å². The highest BCUT2D eigenvalue weighted by atomic mass is 16.2. The fraction of sp³-hybridized carbons (Fsp3) is 0.650. The second kappa shape index (κ2) is 7.48. The topological polar surface area (TPSA) is 23.6 Å². The first kappa shape index (κ1) is 16.5. The van der Waals surface area contributed by atoms with Crippen molar-refractivity contribution in [2.45, 2.75) is 46.1 Å². The van der Waals surface area contributed by atoms with Crippen LogP contribution in [-0.2, 0) is 11.3 Å². The average Bonchev–Trinajstić information content (AvgIpc) is 2.58. The molecule has 2 fully saturated rings. The van der Waals surface area contributed by atoms with Crippen molar-refractivity contribution in [2.24, 2.45) is 11.8 Å². The van der Waals surface area contributed by atoms with Crippen LogP contribution in [0.25, 0.3) is 0 Å². The van der Waals surface area contributed by atoms with E-state index in [0.29, 0.717) is 5.91 Å². The molecule has 1 aromatic rings. The first-order valence-electron chi connectivity index (χ1n) is 9.19. The Bertz CT molecular complexity index is 526. The Morgan fingerprint density at radius 2 is 1.70 bits per heavy atom. The monoisotopic (exact) mass is 314 g/mol. The molecule has 0 spiro atoms. The van der Waals surface area contributed by atoms with E-state index in [-0.39, 0.29) is 5.92 Å².